The second-order valence-electron chi connectivity index (χ2n) is 4.47. The van der Waals surface area contributed by atoms with Crippen molar-refractivity contribution in [1.29, 1.82) is 0 Å². The molecule has 19 heavy (non-hydrogen) atoms. The molecule has 1 aliphatic heterocycles. The minimum atomic E-state index is -0.237. The number of hydrogen-bond donors (Lipinski definition) is 2. The molecule has 1 aliphatic rings. The quantitative estimate of drug-likeness (QED) is 0.843. The molecule has 0 radical (unpaired) electrons. The first-order chi connectivity index (χ1) is 9.33. The summed E-state index contributed by atoms with van der Waals surface area (Å²) in [6.45, 7) is 0.712. The summed E-state index contributed by atoms with van der Waals surface area (Å²) in [5, 5.41) is 5.95. The molecular formula is C14H14N4O. The van der Waals surface area contributed by atoms with Gasteiger partial charge in [-0.15, -0.1) is 0 Å². The Morgan fingerprint density at radius 1 is 1.16 bits per heavy atom. The summed E-state index contributed by atoms with van der Waals surface area (Å²) < 4.78 is 0. The Labute approximate surface area is 111 Å². The van der Waals surface area contributed by atoms with E-state index in [4.69, 9.17) is 0 Å². The monoisotopic (exact) mass is 254 g/mol. The number of nitrogens with zero attached hydrogens (tertiary/aromatic N) is 2. The van der Waals surface area contributed by atoms with Crippen molar-refractivity contribution < 1.29 is 4.79 Å². The standard InChI is InChI=1S/C14H14N4O/c19-13(18-14-15-6-3-7-16-14)12-8-10-4-1-2-5-11(10)9-17-12/h1-7,12,17H,8-9H2,(H,15,16,18,19). The molecule has 0 saturated carbocycles. The van der Waals surface area contributed by atoms with Crippen LogP contribution in [0, 0.1) is 0 Å². The van der Waals surface area contributed by atoms with Gasteiger partial charge in [0.1, 0.15) is 0 Å². The molecule has 0 bridgehead atoms. The summed E-state index contributed by atoms with van der Waals surface area (Å²) in [6.07, 6.45) is 3.90. The topological polar surface area (TPSA) is 66.9 Å². The van der Waals surface area contributed by atoms with Gasteiger partial charge in [-0.25, -0.2) is 9.97 Å². The molecule has 0 aliphatic carbocycles. The molecule has 2 heterocycles. The number of rotatable bonds is 2. The predicted molar refractivity (Wildman–Crippen MR) is 71.4 cm³/mol. The van der Waals surface area contributed by atoms with Gasteiger partial charge < -0.3 is 5.32 Å². The van der Waals surface area contributed by atoms with Gasteiger partial charge in [0.25, 0.3) is 0 Å². The maximum Gasteiger partial charge on any atom is 0.244 e. The number of aromatic nitrogens is 2. The van der Waals surface area contributed by atoms with E-state index in [2.05, 4.69) is 32.7 Å². The Hall–Kier alpha value is -2.27. The lowest BCUT2D eigenvalue weighted by molar-refractivity contribution is -0.118. The summed E-state index contributed by atoms with van der Waals surface area (Å²) in [7, 11) is 0. The number of anilines is 1. The highest BCUT2D eigenvalue weighted by atomic mass is 16.2. The van der Waals surface area contributed by atoms with Crippen molar-refractivity contribution >= 4 is 11.9 Å². The number of carbonyl (C=O) groups is 1. The van der Waals surface area contributed by atoms with E-state index in [0.29, 0.717) is 18.9 Å². The molecule has 1 unspecified atom stereocenters. The highest BCUT2D eigenvalue weighted by Crippen LogP contribution is 2.16. The van der Waals surface area contributed by atoms with Crippen LogP contribution in [-0.2, 0) is 17.8 Å². The largest absolute Gasteiger partial charge is 0.301 e. The number of benzene rings is 1. The van der Waals surface area contributed by atoms with Crippen LogP contribution in [0.15, 0.2) is 42.7 Å². The Balaban J connectivity index is 1.70. The maximum absolute atomic E-state index is 12.1. The van der Waals surface area contributed by atoms with Gasteiger partial charge in [-0.05, 0) is 23.6 Å². The van der Waals surface area contributed by atoms with E-state index in [1.54, 1.807) is 18.5 Å². The minimum absolute atomic E-state index is 0.0966. The van der Waals surface area contributed by atoms with Crippen LogP contribution in [0.25, 0.3) is 0 Å². The lowest BCUT2D eigenvalue weighted by Gasteiger charge is -2.24. The van der Waals surface area contributed by atoms with Crippen LogP contribution < -0.4 is 10.6 Å². The molecule has 1 aromatic carbocycles. The van der Waals surface area contributed by atoms with Crippen molar-refractivity contribution in [2.24, 2.45) is 0 Å². The van der Waals surface area contributed by atoms with E-state index in [1.807, 2.05) is 12.1 Å². The molecule has 1 atom stereocenters. The van der Waals surface area contributed by atoms with Gasteiger partial charge in [-0.1, -0.05) is 24.3 Å². The highest BCUT2D eigenvalue weighted by molar-refractivity contribution is 5.93. The molecule has 96 valence electrons. The van der Waals surface area contributed by atoms with Gasteiger partial charge in [0.2, 0.25) is 11.9 Å². The first-order valence-electron chi connectivity index (χ1n) is 6.21. The Morgan fingerprint density at radius 2 is 1.89 bits per heavy atom. The van der Waals surface area contributed by atoms with Crippen LogP contribution in [0.2, 0.25) is 0 Å². The third kappa shape index (κ3) is 2.61. The Bertz CT molecular complexity index is 585. The number of carbonyl (C=O) groups excluding carboxylic acids is 1. The molecule has 2 aromatic rings. The van der Waals surface area contributed by atoms with Gasteiger partial charge in [-0.3, -0.25) is 10.1 Å². The molecule has 0 spiro atoms. The van der Waals surface area contributed by atoms with Gasteiger partial charge in [0.05, 0.1) is 6.04 Å². The van der Waals surface area contributed by atoms with Crippen LogP contribution in [0.4, 0.5) is 5.95 Å². The average Bonchev–Trinajstić information content (AvgIpc) is 2.48. The number of amides is 1. The number of hydrogen-bond acceptors (Lipinski definition) is 4. The molecule has 2 N–H and O–H groups in total. The van der Waals surface area contributed by atoms with Crippen molar-refractivity contribution in [2.45, 2.75) is 19.0 Å². The normalized spacial score (nSPS) is 17.6. The SMILES string of the molecule is O=C(Nc1ncccn1)C1Cc2ccccc2CN1. The van der Waals surface area contributed by atoms with Gasteiger partial charge >= 0.3 is 0 Å². The third-order valence-corrected chi connectivity index (χ3v) is 3.20. The van der Waals surface area contributed by atoms with Gasteiger partial charge in [-0.2, -0.15) is 0 Å². The van der Waals surface area contributed by atoms with Gasteiger partial charge in [0, 0.05) is 18.9 Å². The van der Waals surface area contributed by atoms with Crippen molar-refractivity contribution in [2.75, 3.05) is 5.32 Å². The van der Waals surface area contributed by atoms with Crippen LogP contribution in [0.3, 0.4) is 0 Å². The summed E-state index contributed by atoms with van der Waals surface area (Å²) in [5.74, 6) is 0.244. The smallest absolute Gasteiger partial charge is 0.244 e. The van der Waals surface area contributed by atoms with Crippen LogP contribution in [-0.4, -0.2) is 21.9 Å². The fraction of sp³-hybridized carbons (Fsp3) is 0.214. The molecule has 3 rings (SSSR count). The molecule has 0 saturated heterocycles. The summed E-state index contributed by atoms with van der Waals surface area (Å²) >= 11 is 0. The minimum Gasteiger partial charge on any atom is -0.301 e. The van der Waals surface area contributed by atoms with Crippen molar-refractivity contribution in [1.82, 2.24) is 15.3 Å². The molecule has 0 fully saturated rings. The number of fused-ring (bicyclic) bond motifs is 1. The van der Waals surface area contributed by atoms with Gasteiger partial charge in [0.15, 0.2) is 0 Å². The molecule has 1 amide bonds. The molecular weight excluding hydrogens is 240 g/mol. The van der Waals surface area contributed by atoms with E-state index in [0.717, 1.165) is 0 Å². The first-order valence-corrected chi connectivity index (χ1v) is 6.21. The van der Waals surface area contributed by atoms with Crippen molar-refractivity contribution in [3.05, 3.63) is 53.9 Å². The fourth-order valence-corrected chi connectivity index (χ4v) is 2.20. The third-order valence-electron chi connectivity index (χ3n) is 3.20. The number of nitrogens with one attached hydrogen (secondary N) is 2. The maximum atomic E-state index is 12.1. The lowest BCUT2D eigenvalue weighted by atomic mass is 9.95. The second-order valence-corrected chi connectivity index (χ2v) is 4.47. The van der Waals surface area contributed by atoms with E-state index in [1.165, 1.54) is 11.1 Å². The highest BCUT2D eigenvalue weighted by Gasteiger charge is 2.24. The fourth-order valence-electron chi connectivity index (χ4n) is 2.20. The molecule has 1 aromatic heterocycles. The van der Waals surface area contributed by atoms with E-state index >= 15 is 0 Å². The summed E-state index contributed by atoms with van der Waals surface area (Å²) in [4.78, 5) is 20.1. The van der Waals surface area contributed by atoms with Crippen LogP contribution in [0.1, 0.15) is 11.1 Å². The zero-order chi connectivity index (χ0) is 13.1. The zero-order valence-corrected chi connectivity index (χ0v) is 10.3. The molecule has 5 nitrogen and oxygen atoms in total. The Kier molecular flexibility index (Phi) is 3.20. The summed E-state index contributed by atoms with van der Waals surface area (Å²) in [6, 6.07) is 9.63. The second kappa shape index (κ2) is 5.16. The zero-order valence-electron chi connectivity index (χ0n) is 10.3. The van der Waals surface area contributed by atoms with E-state index in [9.17, 15) is 4.79 Å². The Morgan fingerprint density at radius 3 is 2.68 bits per heavy atom. The van der Waals surface area contributed by atoms with E-state index < -0.39 is 0 Å². The predicted octanol–water partition coefficient (Wildman–Crippen LogP) is 1.13. The summed E-state index contributed by atoms with van der Waals surface area (Å²) in [5.41, 5.74) is 2.47. The lowest BCUT2D eigenvalue weighted by Crippen LogP contribution is -2.44. The first kappa shape index (κ1) is 11.8. The van der Waals surface area contributed by atoms with Crippen molar-refractivity contribution in [3.63, 3.8) is 0 Å². The van der Waals surface area contributed by atoms with Crippen LogP contribution in [0.5, 0.6) is 0 Å². The van der Waals surface area contributed by atoms with Crippen LogP contribution >= 0.6 is 0 Å². The molecule has 5 heteroatoms. The van der Waals surface area contributed by atoms with Crippen molar-refractivity contribution in [3.8, 4) is 0 Å². The van der Waals surface area contributed by atoms with E-state index in [-0.39, 0.29) is 11.9 Å². The average molecular weight is 254 g/mol.